The van der Waals surface area contributed by atoms with Gasteiger partial charge in [-0.15, -0.1) is 0 Å². The van der Waals surface area contributed by atoms with E-state index in [2.05, 4.69) is 30.0 Å². The molecule has 2 aromatic heterocycles. The zero-order valence-electron chi connectivity index (χ0n) is 19.0. The Balaban J connectivity index is 1.20. The Kier molecular flexibility index (Phi) is 6.33. The number of aromatic amines is 1. The predicted molar refractivity (Wildman–Crippen MR) is 140 cm³/mol. The lowest BCUT2D eigenvalue weighted by Gasteiger charge is -2.09. The van der Waals surface area contributed by atoms with Crippen LogP contribution in [-0.2, 0) is 16.6 Å². The summed E-state index contributed by atoms with van der Waals surface area (Å²) in [7, 11) is -3.77. The van der Waals surface area contributed by atoms with Gasteiger partial charge >= 0.3 is 0 Å². The summed E-state index contributed by atoms with van der Waals surface area (Å²) in [5.74, 6) is 0.106. The maximum absolute atomic E-state index is 12.5. The molecule has 2 heterocycles. The van der Waals surface area contributed by atoms with Crippen molar-refractivity contribution in [3.05, 3.63) is 102 Å². The number of benzene rings is 3. The first-order valence-corrected chi connectivity index (χ1v) is 12.5. The first-order valence-electron chi connectivity index (χ1n) is 11.0. The van der Waals surface area contributed by atoms with Crippen molar-refractivity contribution in [3.8, 4) is 5.88 Å². The van der Waals surface area contributed by atoms with E-state index in [0.29, 0.717) is 12.1 Å². The molecule has 0 amide bonds. The zero-order chi connectivity index (χ0) is 25.0. The van der Waals surface area contributed by atoms with Crippen LogP contribution in [0.4, 0.5) is 17.3 Å². The van der Waals surface area contributed by atoms with Gasteiger partial charge in [-0.2, -0.15) is 0 Å². The van der Waals surface area contributed by atoms with Crippen LogP contribution >= 0.6 is 0 Å². The molecule has 3 aromatic carbocycles. The molecule has 0 aliphatic rings. The summed E-state index contributed by atoms with van der Waals surface area (Å²) in [5, 5.41) is 14.3. The van der Waals surface area contributed by atoms with Crippen LogP contribution in [0, 0.1) is 0 Å². The fraction of sp³-hybridized carbons (Fsp3) is 0.0385. The Morgan fingerprint density at radius 3 is 2.39 bits per heavy atom. The van der Waals surface area contributed by atoms with Crippen LogP contribution in [0.1, 0.15) is 11.1 Å². The Bertz CT molecular complexity index is 1610. The minimum atomic E-state index is -3.77. The van der Waals surface area contributed by atoms with Gasteiger partial charge in [0.05, 0.1) is 16.1 Å². The van der Waals surface area contributed by atoms with Gasteiger partial charge < -0.3 is 15.4 Å². The van der Waals surface area contributed by atoms with Crippen LogP contribution in [0.25, 0.3) is 10.9 Å². The largest absolute Gasteiger partial charge is 0.494 e. The van der Waals surface area contributed by atoms with Crippen LogP contribution in [0.2, 0.25) is 0 Å². The van der Waals surface area contributed by atoms with Crippen molar-refractivity contribution in [1.82, 2.24) is 15.0 Å². The predicted octanol–water partition coefficient (Wildman–Crippen LogP) is 4.83. The average Bonchev–Trinajstić information content (AvgIpc) is 3.22. The first kappa shape index (κ1) is 23.1. The number of para-hydroxylation sites is 1. The van der Waals surface area contributed by atoms with Gasteiger partial charge in [-0.05, 0) is 54.1 Å². The minimum absolute atomic E-state index is 0.0192. The van der Waals surface area contributed by atoms with Gasteiger partial charge in [-0.1, -0.05) is 30.3 Å². The third-order valence-corrected chi connectivity index (χ3v) is 6.80. The van der Waals surface area contributed by atoms with Crippen molar-refractivity contribution in [2.75, 3.05) is 10.0 Å². The SMILES string of the molecule is O=S(=O)(Nc1ncccn1)c1ccc(NCc2ccc(N=Cc3c(O)[nH]c4ccccc34)cc2)cc1. The standard InChI is InChI=1S/C26H22N6O3S/c33-25-23(22-4-1-2-5-24(22)31-25)17-30-19-8-6-18(7-9-19)16-29-20-10-12-21(13-11-20)36(34,35)32-26-27-14-3-15-28-26/h1-15,17,29,31,33H,16H2,(H,27,28,32). The van der Waals surface area contributed by atoms with E-state index < -0.39 is 10.0 Å². The number of H-pyrrole nitrogens is 1. The normalized spacial score (nSPS) is 11.7. The van der Waals surface area contributed by atoms with Gasteiger partial charge in [-0.25, -0.2) is 23.1 Å². The molecule has 10 heteroatoms. The molecule has 9 nitrogen and oxygen atoms in total. The third kappa shape index (κ3) is 5.18. The molecule has 0 aliphatic carbocycles. The molecule has 0 unspecified atom stereocenters. The van der Waals surface area contributed by atoms with Gasteiger partial charge in [0.25, 0.3) is 10.0 Å². The van der Waals surface area contributed by atoms with E-state index in [1.165, 1.54) is 24.5 Å². The molecule has 0 fully saturated rings. The topological polar surface area (TPSA) is 132 Å². The van der Waals surface area contributed by atoms with E-state index >= 15 is 0 Å². The lowest BCUT2D eigenvalue weighted by molar-refractivity contribution is 0.457. The smallest absolute Gasteiger partial charge is 0.264 e. The highest BCUT2D eigenvalue weighted by Crippen LogP contribution is 2.26. The van der Waals surface area contributed by atoms with Crippen molar-refractivity contribution in [2.24, 2.45) is 4.99 Å². The number of rotatable bonds is 8. The van der Waals surface area contributed by atoms with E-state index in [1.807, 2.05) is 48.5 Å². The highest BCUT2D eigenvalue weighted by Gasteiger charge is 2.15. The lowest BCUT2D eigenvalue weighted by Crippen LogP contribution is -2.14. The Labute approximate surface area is 207 Å². The molecule has 36 heavy (non-hydrogen) atoms. The maximum atomic E-state index is 12.5. The van der Waals surface area contributed by atoms with Gasteiger partial charge in [0.1, 0.15) is 0 Å². The summed E-state index contributed by atoms with van der Waals surface area (Å²) < 4.78 is 27.3. The molecule has 0 bridgehead atoms. The molecule has 5 aromatic rings. The molecule has 0 aliphatic heterocycles. The highest BCUT2D eigenvalue weighted by atomic mass is 32.2. The number of aromatic hydroxyl groups is 1. The third-order valence-electron chi connectivity index (χ3n) is 5.46. The highest BCUT2D eigenvalue weighted by molar-refractivity contribution is 7.92. The Morgan fingerprint density at radius 1 is 0.917 bits per heavy atom. The maximum Gasteiger partial charge on any atom is 0.264 e. The van der Waals surface area contributed by atoms with Crippen molar-refractivity contribution in [2.45, 2.75) is 11.4 Å². The van der Waals surface area contributed by atoms with Crippen LogP contribution in [-0.4, -0.2) is 34.7 Å². The fourth-order valence-electron chi connectivity index (χ4n) is 3.61. The molecule has 0 saturated carbocycles. The number of fused-ring (bicyclic) bond motifs is 1. The molecule has 0 saturated heterocycles. The average molecular weight is 499 g/mol. The Morgan fingerprint density at radius 2 is 1.64 bits per heavy atom. The van der Waals surface area contributed by atoms with Crippen LogP contribution in [0.3, 0.4) is 0 Å². The van der Waals surface area contributed by atoms with E-state index in [0.717, 1.165) is 27.8 Å². The van der Waals surface area contributed by atoms with E-state index in [1.54, 1.807) is 24.4 Å². The number of anilines is 2. The number of hydrogen-bond acceptors (Lipinski definition) is 7. The van der Waals surface area contributed by atoms with Crippen LogP contribution in [0.5, 0.6) is 5.88 Å². The van der Waals surface area contributed by atoms with E-state index in [9.17, 15) is 13.5 Å². The van der Waals surface area contributed by atoms with Crippen molar-refractivity contribution >= 4 is 44.5 Å². The quantitative estimate of drug-likeness (QED) is 0.227. The minimum Gasteiger partial charge on any atom is -0.494 e. The lowest BCUT2D eigenvalue weighted by atomic mass is 10.2. The van der Waals surface area contributed by atoms with E-state index in [4.69, 9.17) is 0 Å². The Hall–Kier alpha value is -4.70. The second-order valence-electron chi connectivity index (χ2n) is 7.91. The van der Waals surface area contributed by atoms with Crippen LogP contribution < -0.4 is 10.0 Å². The molecule has 0 radical (unpaired) electrons. The summed E-state index contributed by atoms with van der Waals surface area (Å²) in [6.07, 6.45) is 4.58. The summed E-state index contributed by atoms with van der Waals surface area (Å²) >= 11 is 0. The molecule has 0 atom stereocenters. The number of aliphatic imine (C=N–C) groups is 1. The monoisotopic (exact) mass is 498 g/mol. The number of hydrogen-bond donors (Lipinski definition) is 4. The second-order valence-corrected chi connectivity index (χ2v) is 9.60. The second kappa shape index (κ2) is 9.88. The van der Waals surface area contributed by atoms with Gasteiger partial charge in [0, 0.05) is 41.7 Å². The van der Waals surface area contributed by atoms with Crippen molar-refractivity contribution in [1.29, 1.82) is 0 Å². The molecule has 4 N–H and O–H groups in total. The molecule has 0 spiro atoms. The van der Waals surface area contributed by atoms with E-state index in [-0.39, 0.29) is 16.7 Å². The van der Waals surface area contributed by atoms with Crippen LogP contribution in [0.15, 0.2) is 101 Å². The summed E-state index contributed by atoms with van der Waals surface area (Å²) in [6, 6.07) is 23.4. The van der Waals surface area contributed by atoms with Gasteiger partial charge in [0.15, 0.2) is 5.88 Å². The zero-order valence-corrected chi connectivity index (χ0v) is 19.8. The number of aromatic nitrogens is 3. The van der Waals surface area contributed by atoms with Crippen molar-refractivity contribution < 1.29 is 13.5 Å². The molecular formula is C26H22N6O3S. The molecule has 180 valence electrons. The van der Waals surface area contributed by atoms with Gasteiger partial charge in [0.2, 0.25) is 5.95 Å². The van der Waals surface area contributed by atoms with Gasteiger partial charge in [-0.3, -0.25) is 4.99 Å². The number of sulfonamides is 1. The first-order chi connectivity index (χ1) is 17.5. The summed E-state index contributed by atoms with van der Waals surface area (Å²) in [6.45, 7) is 0.551. The molecule has 5 rings (SSSR count). The van der Waals surface area contributed by atoms with Crippen molar-refractivity contribution in [3.63, 3.8) is 0 Å². The number of nitrogens with zero attached hydrogens (tertiary/aromatic N) is 3. The molecular weight excluding hydrogens is 476 g/mol. The number of nitrogens with one attached hydrogen (secondary N) is 3. The fourth-order valence-corrected chi connectivity index (χ4v) is 4.56. The summed E-state index contributed by atoms with van der Waals surface area (Å²) in [5.41, 5.74) is 4.07. The summed E-state index contributed by atoms with van der Waals surface area (Å²) in [4.78, 5) is 15.3.